The molecule has 0 unspecified atom stereocenters. The van der Waals surface area contributed by atoms with Crippen LogP contribution < -0.4 is 10.6 Å². The lowest BCUT2D eigenvalue weighted by Gasteiger charge is -1.98. The van der Waals surface area contributed by atoms with E-state index in [0.717, 1.165) is 33.0 Å². The third-order valence-electron chi connectivity index (χ3n) is 6.37. The van der Waals surface area contributed by atoms with Crippen molar-refractivity contribution in [2.24, 2.45) is 4.99 Å². The Labute approximate surface area is 231 Å². The highest BCUT2D eigenvalue weighted by Gasteiger charge is 2.22. The van der Waals surface area contributed by atoms with Crippen LogP contribution >= 0.6 is 46.6 Å². The van der Waals surface area contributed by atoms with Crippen LogP contribution in [-0.2, 0) is 4.79 Å². The molecule has 1 aliphatic rings. The standard InChI is InChI=1S/C29H24N2O2S4/c1-4-5-6-7-19(34)26-15-10-18-16(11-17(15)30-28(26)32)27(29(33)31-18)21-9-8-20(35-21)23-13-25-24(37-23)12-22(36-25)14(2)3/h5-14,31,33-34H,4H2,1-3H3/b6-5+,19-7-. The smallest absolute Gasteiger partial charge is 0.279 e. The van der Waals surface area contributed by atoms with Crippen molar-refractivity contribution < 1.29 is 9.90 Å². The fourth-order valence-electron chi connectivity index (χ4n) is 4.53. The van der Waals surface area contributed by atoms with Crippen molar-refractivity contribution in [2.45, 2.75) is 33.1 Å². The Morgan fingerprint density at radius 3 is 2.62 bits per heavy atom. The van der Waals surface area contributed by atoms with Gasteiger partial charge in [0.25, 0.3) is 5.91 Å². The van der Waals surface area contributed by atoms with Gasteiger partial charge in [0.2, 0.25) is 0 Å². The van der Waals surface area contributed by atoms with E-state index in [0.29, 0.717) is 21.8 Å². The summed E-state index contributed by atoms with van der Waals surface area (Å²) in [7, 11) is 0. The maximum Gasteiger partial charge on any atom is 0.279 e. The van der Waals surface area contributed by atoms with E-state index in [-0.39, 0.29) is 11.8 Å². The number of benzene rings is 1. The Bertz CT molecular complexity index is 1860. The lowest BCUT2D eigenvalue weighted by Crippen LogP contribution is -2.23. The van der Waals surface area contributed by atoms with Crippen LogP contribution in [0.3, 0.4) is 0 Å². The van der Waals surface area contributed by atoms with Gasteiger partial charge in [-0.25, -0.2) is 4.99 Å². The molecule has 6 rings (SSSR count). The number of thiophene rings is 3. The number of nitrogens with one attached hydrogen (secondary N) is 1. The van der Waals surface area contributed by atoms with E-state index in [1.54, 1.807) is 11.3 Å². The summed E-state index contributed by atoms with van der Waals surface area (Å²) in [6.45, 7) is 6.51. The summed E-state index contributed by atoms with van der Waals surface area (Å²) in [5, 5.41) is 13.1. The molecule has 1 aliphatic heterocycles. The molecule has 1 amide bonds. The van der Waals surface area contributed by atoms with E-state index in [4.69, 9.17) is 0 Å². The van der Waals surface area contributed by atoms with Gasteiger partial charge < -0.3 is 10.1 Å². The Kier molecular flexibility index (Phi) is 6.23. The molecule has 0 bridgehead atoms. The topological polar surface area (TPSA) is 65.4 Å². The Morgan fingerprint density at radius 1 is 1.08 bits per heavy atom. The second kappa shape index (κ2) is 9.44. The number of thiol groups is 1. The largest absolute Gasteiger partial charge is 0.494 e. The molecule has 37 heavy (non-hydrogen) atoms. The van der Waals surface area contributed by atoms with E-state index in [2.05, 4.69) is 67.6 Å². The fraction of sp³-hybridized carbons (Fsp3) is 0.172. The molecule has 0 spiro atoms. The first-order valence-electron chi connectivity index (χ1n) is 12.1. The first kappa shape index (κ1) is 24.4. The van der Waals surface area contributed by atoms with Crippen molar-refractivity contribution in [3.8, 4) is 26.1 Å². The zero-order valence-corrected chi connectivity index (χ0v) is 23.8. The predicted molar refractivity (Wildman–Crippen MR) is 162 cm³/mol. The number of carbonyl (C=O) groups excluding carboxylic acids is 1. The van der Waals surface area contributed by atoms with Gasteiger partial charge in [0.1, 0.15) is 0 Å². The molecule has 0 fully saturated rings. The van der Waals surface area contributed by atoms with Gasteiger partial charge in [0.05, 0.1) is 16.5 Å². The Balaban J connectivity index is 1.43. The molecular weight excluding hydrogens is 537 g/mol. The highest BCUT2D eigenvalue weighted by Crippen LogP contribution is 2.46. The number of amides is 1. The molecule has 2 N–H and O–H groups in total. The number of hydrogen-bond donors (Lipinski definition) is 3. The predicted octanol–water partition coefficient (Wildman–Crippen LogP) is 7.76. The minimum absolute atomic E-state index is 0.112. The lowest BCUT2D eigenvalue weighted by atomic mass is 10.1. The summed E-state index contributed by atoms with van der Waals surface area (Å²) in [5.74, 6) is 0.356. The van der Waals surface area contributed by atoms with Gasteiger partial charge in [-0.15, -0.1) is 46.6 Å². The molecule has 0 radical (unpaired) electrons. The van der Waals surface area contributed by atoms with E-state index in [9.17, 15) is 9.90 Å². The van der Waals surface area contributed by atoms with Gasteiger partial charge in [-0.05, 0) is 54.8 Å². The zero-order chi connectivity index (χ0) is 25.8. The highest BCUT2D eigenvalue weighted by molar-refractivity contribution is 7.85. The summed E-state index contributed by atoms with van der Waals surface area (Å²) in [5.41, 5.74) is 1.97. The van der Waals surface area contributed by atoms with Gasteiger partial charge >= 0.3 is 0 Å². The number of aromatic amines is 1. The number of rotatable bonds is 6. The maximum absolute atomic E-state index is 12.7. The summed E-state index contributed by atoms with van der Waals surface area (Å²) in [4.78, 5) is 25.5. The van der Waals surface area contributed by atoms with Crippen molar-refractivity contribution >= 4 is 78.4 Å². The number of carbonyl (C=O) groups is 1. The number of nitrogens with zero attached hydrogens (tertiary/aromatic N) is 1. The first-order valence-corrected chi connectivity index (χ1v) is 15.0. The molecule has 1 aromatic carbocycles. The van der Waals surface area contributed by atoms with Crippen molar-refractivity contribution in [3.05, 3.63) is 75.0 Å². The minimum Gasteiger partial charge on any atom is -0.494 e. The highest BCUT2D eigenvalue weighted by atomic mass is 32.1. The molecule has 0 aliphatic carbocycles. The van der Waals surface area contributed by atoms with Crippen molar-refractivity contribution in [1.82, 2.24) is 4.98 Å². The van der Waals surface area contributed by atoms with E-state index in [1.807, 2.05) is 53.0 Å². The van der Waals surface area contributed by atoms with Crippen LogP contribution in [0.15, 0.2) is 64.5 Å². The third kappa shape index (κ3) is 4.22. The summed E-state index contributed by atoms with van der Waals surface area (Å²) < 4.78 is 2.65. The van der Waals surface area contributed by atoms with Crippen molar-refractivity contribution in [1.29, 1.82) is 0 Å². The van der Waals surface area contributed by atoms with Crippen LogP contribution in [0.25, 0.3) is 46.1 Å². The number of fused-ring (bicyclic) bond motifs is 3. The third-order valence-corrected chi connectivity index (χ3v) is 10.6. The summed E-state index contributed by atoms with van der Waals surface area (Å²) in [6, 6.07) is 12.5. The fourth-order valence-corrected chi connectivity index (χ4v) is 8.39. The van der Waals surface area contributed by atoms with Crippen molar-refractivity contribution in [2.75, 3.05) is 0 Å². The van der Waals surface area contributed by atoms with Crippen LogP contribution in [0.1, 0.15) is 38.0 Å². The number of aromatic hydroxyl groups is 1. The van der Waals surface area contributed by atoms with Crippen LogP contribution in [0, 0.1) is 0 Å². The average Bonchev–Trinajstić information content (AvgIpc) is 3.63. The van der Waals surface area contributed by atoms with Crippen molar-refractivity contribution in [3.63, 3.8) is 0 Å². The first-order chi connectivity index (χ1) is 17.8. The van der Waals surface area contributed by atoms with Gasteiger partial charge in [0.15, 0.2) is 5.88 Å². The van der Waals surface area contributed by atoms with Crippen LogP contribution in [0.5, 0.6) is 5.88 Å². The van der Waals surface area contributed by atoms with Gasteiger partial charge in [0, 0.05) is 49.9 Å². The van der Waals surface area contributed by atoms with Crippen LogP contribution in [0.2, 0.25) is 0 Å². The molecule has 0 atom stereocenters. The normalized spacial score (nSPS) is 14.1. The number of aromatic nitrogens is 1. The molecule has 4 aromatic heterocycles. The van der Waals surface area contributed by atoms with Gasteiger partial charge in [-0.1, -0.05) is 32.9 Å². The average molecular weight is 561 g/mol. The van der Waals surface area contributed by atoms with Gasteiger partial charge in [-0.2, -0.15) is 0 Å². The Morgan fingerprint density at radius 2 is 1.86 bits per heavy atom. The number of allylic oxidation sites excluding steroid dienone is 3. The monoisotopic (exact) mass is 560 g/mol. The maximum atomic E-state index is 12.7. The second-order valence-corrected chi connectivity index (χ2v) is 13.0. The SMILES string of the molecule is CC/C=C/C=C(\S)C1=c2cc3[nH]c(O)c(-c4ccc(-c5cc6sc(C(C)C)cc6s5)s4)c3cc2=NC1=O. The van der Waals surface area contributed by atoms with E-state index >= 15 is 0 Å². The minimum atomic E-state index is -0.295. The van der Waals surface area contributed by atoms with Crippen LogP contribution in [-0.4, -0.2) is 16.0 Å². The molecule has 8 heteroatoms. The summed E-state index contributed by atoms with van der Waals surface area (Å²) in [6.07, 6.45) is 6.62. The molecule has 4 nitrogen and oxygen atoms in total. The molecule has 5 aromatic rings. The molecule has 5 heterocycles. The molecular formula is C29H24N2O2S4. The quantitative estimate of drug-likeness (QED) is 0.147. The zero-order valence-electron chi connectivity index (χ0n) is 20.5. The Hall–Kier alpha value is -2.91. The van der Waals surface area contributed by atoms with E-state index in [1.165, 1.54) is 24.0 Å². The second-order valence-electron chi connectivity index (χ2n) is 9.25. The molecule has 186 valence electrons. The van der Waals surface area contributed by atoms with Gasteiger partial charge in [-0.3, -0.25) is 4.79 Å². The van der Waals surface area contributed by atoms with Crippen LogP contribution in [0.4, 0.5) is 0 Å². The lowest BCUT2D eigenvalue weighted by molar-refractivity contribution is -0.112. The van der Waals surface area contributed by atoms with E-state index < -0.39 is 0 Å². The number of H-pyrrole nitrogens is 1. The summed E-state index contributed by atoms with van der Waals surface area (Å²) >= 11 is 9.89. The molecule has 0 saturated carbocycles. The number of hydrogen-bond acceptors (Lipinski definition) is 6. The molecule has 0 saturated heterocycles.